The number of hydrogen-bond acceptors (Lipinski definition) is 5. The van der Waals surface area contributed by atoms with Crippen LogP contribution in [0.5, 0.6) is 11.6 Å². The summed E-state index contributed by atoms with van der Waals surface area (Å²) in [5, 5.41) is 0. The van der Waals surface area contributed by atoms with E-state index in [2.05, 4.69) is 49.3 Å². The van der Waals surface area contributed by atoms with Gasteiger partial charge in [-0.15, -0.1) is 0 Å². The average molecular weight is 452 g/mol. The van der Waals surface area contributed by atoms with Gasteiger partial charge in [-0.3, -0.25) is 0 Å². The largest absolute Gasteiger partial charge is 0.439 e. The Bertz CT molecular complexity index is 1250. The molecule has 0 bridgehead atoms. The normalized spacial score (nSPS) is 18.1. The van der Waals surface area contributed by atoms with E-state index in [0.717, 1.165) is 11.3 Å². The summed E-state index contributed by atoms with van der Waals surface area (Å²) < 4.78 is 34.5. The first kappa shape index (κ1) is 22.3. The first-order valence-corrected chi connectivity index (χ1v) is 12.1. The van der Waals surface area contributed by atoms with Crippen LogP contribution in [0.2, 0.25) is 0 Å². The van der Waals surface area contributed by atoms with Crippen molar-refractivity contribution >= 4 is 16.0 Å². The molecule has 4 rings (SSSR count). The van der Waals surface area contributed by atoms with Crippen LogP contribution in [0.1, 0.15) is 45.9 Å². The molecule has 6 nitrogen and oxygen atoms in total. The third-order valence-corrected chi connectivity index (χ3v) is 9.15. The summed E-state index contributed by atoms with van der Waals surface area (Å²) in [5.41, 5.74) is 1.35. The second kappa shape index (κ2) is 7.30. The van der Waals surface area contributed by atoms with E-state index in [-0.39, 0.29) is 27.1 Å². The minimum absolute atomic E-state index is 0.00494. The molecule has 32 heavy (non-hydrogen) atoms. The second-order valence-electron chi connectivity index (χ2n) is 9.58. The summed E-state index contributed by atoms with van der Waals surface area (Å²) in [6, 6.07) is 17.6. The fourth-order valence-corrected chi connectivity index (χ4v) is 5.54. The Labute approximate surface area is 190 Å². The van der Waals surface area contributed by atoms with E-state index >= 15 is 0 Å². The SMILES string of the molecule is Cc1ccccc1Oc1cc(C2(C)C(C)(C)C2(C)C)nc(NS(=O)(=O)c2ccccc2)n1. The van der Waals surface area contributed by atoms with Crippen molar-refractivity contribution in [3.8, 4) is 11.6 Å². The highest BCUT2D eigenvalue weighted by Gasteiger charge is 2.75. The highest BCUT2D eigenvalue weighted by molar-refractivity contribution is 7.92. The Kier molecular flexibility index (Phi) is 5.08. The third-order valence-electron chi connectivity index (χ3n) is 7.80. The van der Waals surface area contributed by atoms with Crippen molar-refractivity contribution in [1.29, 1.82) is 0 Å². The highest BCUT2D eigenvalue weighted by atomic mass is 32.2. The van der Waals surface area contributed by atoms with Crippen molar-refractivity contribution in [3.05, 3.63) is 71.9 Å². The van der Waals surface area contributed by atoms with Crippen LogP contribution in [-0.4, -0.2) is 18.4 Å². The zero-order valence-corrected chi connectivity index (χ0v) is 20.1. The highest BCUT2D eigenvalue weighted by Crippen LogP contribution is 2.77. The molecule has 1 saturated carbocycles. The first-order chi connectivity index (χ1) is 14.9. The molecule has 1 heterocycles. The predicted octanol–water partition coefficient (Wildman–Crippen LogP) is 5.70. The van der Waals surface area contributed by atoms with Crippen molar-refractivity contribution in [2.45, 2.75) is 51.9 Å². The summed E-state index contributed by atoms with van der Waals surface area (Å²) in [6.45, 7) is 12.9. The molecular formula is C25H29N3O3S. The molecule has 0 amide bonds. The topological polar surface area (TPSA) is 81.2 Å². The number of sulfonamides is 1. The molecule has 0 spiro atoms. The van der Waals surface area contributed by atoms with E-state index in [4.69, 9.17) is 4.74 Å². The number of para-hydroxylation sites is 1. The molecule has 1 N–H and O–H groups in total. The molecule has 0 atom stereocenters. The minimum Gasteiger partial charge on any atom is -0.439 e. The molecule has 1 aliphatic carbocycles. The van der Waals surface area contributed by atoms with Crippen molar-refractivity contribution in [1.82, 2.24) is 9.97 Å². The Morgan fingerprint density at radius 2 is 1.44 bits per heavy atom. The Balaban J connectivity index is 1.79. The number of aromatic nitrogens is 2. The molecule has 0 radical (unpaired) electrons. The number of hydrogen-bond donors (Lipinski definition) is 1. The maximum absolute atomic E-state index is 12.9. The van der Waals surface area contributed by atoms with Gasteiger partial charge in [0.05, 0.1) is 10.6 Å². The molecule has 2 aromatic carbocycles. The van der Waals surface area contributed by atoms with E-state index in [1.54, 1.807) is 18.2 Å². The van der Waals surface area contributed by atoms with E-state index in [1.165, 1.54) is 12.1 Å². The lowest BCUT2D eigenvalue weighted by molar-refractivity contribution is 0.452. The standard InChI is InChI=1S/C25H29N3O3S/c1-17-12-10-11-15-19(17)31-21-16-20(25(6)23(2,3)24(25,4)5)26-22(27-21)28-32(29,30)18-13-8-7-9-14-18/h7-16H,1-6H3,(H,26,27,28). The number of rotatable bonds is 6. The van der Waals surface area contributed by atoms with E-state index in [9.17, 15) is 8.42 Å². The van der Waals surface area contributed by atoms with Crippen LogP contribution in [0.3, 0.4) is 0 Å². The van der Waals surface area contributed by atoms with Gasteiger partial charge >= 0.3 is 0 Å². The molecule has 1 fully saturated rings. The zero-order chi connectivity index (χ0) is 23.4. The smallest absolute Gasteiger partial charge is 0.264 e. The Hall–Kier alpha value is -2.93. The number of anilines is 1. The van der Waals surface area contributed by atoms with Crippen LogP contribution in [0.25, 0.3) is 0 Å². The molecule has 168 valence electrons. The van der Waals surface area contributed by atoms with Crippen molar-refractivity contribution in [2.75, 3.05) is 4.72 Å². The number of nitrogens with one attached hydrogen (secondary N) is 1. The molecule has 0 aliphatic heterocycles. The fourth-order valence-electron chi connectivity index (χ4n) is 4.58. The van der Waals surface area contributed by atoms with Gasteiger partial charge in [-0.25, -0.2) is 18.1 Å². The van der Waals surface area contributed by atoms with Crippen LogP contribution in [-0.2, 0) is 15.4 Å². The number of benzene rings is 2. The molecule has 3 aromatic rings. The number of aryl methyl sites for hydroxylation is 1. The number of nitrogens with zero attached hydrogens (tertiary/aromatic N) is 2. The van der Waals surface area contributed by atoms with E-state index in [1.807, 2.05) is 37.3 Å². The van der Waals surface area contributed by atoms with Crippen molar-refractivity contribution in [3.63, 3.8) is 0 Å². The molecular weight excluding hydrogens is 422 g/mol. The quantitative estimate of drug-likeness (QED) is 0.520. The third kappa shape index (κ3) is 3.35. The van der Waals surface area contributed by atoms with Crippen LogP contribution < -0.4 is 9.46 Å². The van der Waals surface area contributed by atoms with Crippen molar-refractivity contribution < 1.29 is 13.2 Å². The zero-order valence-electron chi connectivity index (χ0n) is 19.3. The van der Waals surface area contributed by atoms with Gasteiger partial charge in [0.2, 0.25) is 11.8 Å². The van der Waals surface area contributed by atoms with Crippen LogP contribution in [0.4, 0.5) is 5.95 Å². The molecule has 1 aliphatic rings. The van der Waals surface area contributed by atoms with Gasteiger partial charge in [0.25, 0.3) is 10.0 Å². The maximum Gasteiger partial charge on any atom is 0.264 e. The lowest BCUT2D eigenvalue weighted by atomic mass is 9.93. The Morgan fingerprint density at radius 1 is 0.844 bits per heavy atom. The van der Waals surface area contributed by atoms with Crippen LogP contribution in [0, 0.1) is 17.8 Å². The fraction of sp³-hybridized carbons (Fsp3) is 0.360. The van der Waals surface area contributed by atoms with E-state index in [0.29, 0.717) is 11.6 Å². The molecule has 0 unspecified atom stereocenters. The van der Waals surface area contributed by atoms with Crippen molar-refractivity contribution in [2.24, 2.45) is 10.8 Å². The van der Waals surface area contributed by atoms with Crippen LogP contribution >= 0.6 is 0 Å². The summed E-state index contributed by atoms with van der Waals surface area (Å²) in [6.07, 6.45) is 0. The lowest BCUT2D eigenvalue weighted by Crippen LogP contribution is -2.19. The molecule has 1 aromatic heterocycles. The minimum atomic E-state index is -3.84. The lowest BCUT2D eigenvalue weighted by Gasteiger charge is -2.18. The maximum atomic E-state index is 12.9. The van der Waals surface area contributed by atoms with Gasteiger partial charge in [-0.05, 0) is 41.5 Å². The monoisotopic (exact) mass is 451 g/mol. The summed E-state index contributed by atoms with van der Waals surface area (Å²) in [7, 11) is -3.84. The van der Waals surface area contributed by atoms with E-state index < -0.39 is 10.0 Å². The van der Waals surface area contributed by atoms with Gasteiger partial charge in [-0.1, -0.05) is 71.0 Å². The summed E-state index contributed by atoms with van der Waals surface area (Å²) >= 11 is 0. The Morgan fingerprint density at radius 3 is 2.03 bits per heavy atom. The van der Waals surface area contributed by atoms with Gasteiger partial charge in [0.1, 0.15) is 5.75 Å². The van der Waals surface area contributed by atoms with Gasteiger partial charge in [0, 0.05) is 11.5 Å². The van der Waals surface area contributed by atoms with Gasteiger partial charge in [-0.2, -0.15) is 4.98 Å². The first-order valence-electron chi connectivity index (χ1n) is 10.6. The summed E-state index contributed by atoms with van der Waals surface area (Å²) in [5.74, 6) is 0.956. The number of ether oxygens (including phenoxy) is 1. The summed E-state index contributed by atoms with van der Waals surface area (Å²) in [4.78, 5) is 9.19. The van der Waals surface area contributed by atoms with Crippen LogP contribution in [0.15, 0.2) is 65.6 Å². The molecule has 0 saturated heterocycles. The van der Waals surface area contributed by atoms with Gasteiger partial charge < -0.3 is 4.74 Å². The second-order valence-corrected chi connectivity index (χ2v) is 11.3. The predicted molar refractivity (Wildman–Crippen MR) is 125 cm³/mol. The average Bonchev–Trinajstić information content (AvgIpc) is 3.07. The van der Waals surface area contributed by atoms with Gasteiger partial charge in [0.15, 0.2) is 0 Å². The molecule has 7 heteroatoms.